The maximum Gasteiger partial charge on any atom is 0.271 e. The third kappa shape index (κ3) is 8.28. The lowest BCUT2D eigenvalue weighted by molar-refractivity contribution is -0.115. The number of rotatable bonds is 11. The molecule has 0 bridgehead atoms. The van der Waals surface area contributed by atoms with E-state index in [1.165, 1.54) is 11.8 Å². The average Bonchev–Trinajstić information content (AvgIpc) is 2.93. The van der Waals surface area contributed by atoms with Gasteiger partial charge in [-0.3, -0.25) is 9.59 Å². The minimum absolute atomic E-state index is 0.128. The van der Waals surface area contributed by atoms with Crippen LogP contribution < -0.4 is 20.2 Å². The standard InChI is InChI=1S/C32H30BrN3O4/c1-3-39-29-18-25(17-28(33)31(29)40-21-24-11-7-8-22(2)16-24)20-34-36-32(38)26-12-14-27(15-13-26)35-30(37)19-23-9-5-4-6-10-23/h4-18,20H,3,19,21H2,1-2H3,(H,35,37)(H,36,38)/b34-20-. The van der Waals surface area contributed by atoms with Gasteiger partial charge in [0, 0.05) is 11.3 Å². The van der Waals surface area contributed by atoms with Crippen LogP contribution >= 0.6 is 15.9 Å². The van der Waals surface area contributed by atoms with E-state index < -0.39 is 0 Å². The van der Waals surface area contributed by atoms with E-state index in [0.717, 1.165) is 16.7 Å². The summed E-state index contributed by atoms with van der Waals surface area (Å²) in [6.45, 7) is 4.81. The Balaban J connectivity index is 1.34. The molecule has 204 valence electrons. The number of carbonyl (C=O) groups excluding carboxylic acids is 2. The number of ether oxygens (including phenoxy) is 2. The highest BCUT2D eigenvalue weighted by molar-refractivity contribution is 9.10. The second-order valence-electron chi connectivity index (χ2n) is 9.03. The Morgan fingerprint density at radius 2 is 1.65 bits per heavy atom. The summed E-state index contributed by atoms with van der Waals surface area (Å²) in [5.74, 6) is 0.667. The Morgan fingerprint density at radius 1 is 0.900 bits per heavy atom. The summed E-state index contributed by atoms with van der Waals surface area (Å²) in [6.07, 6.45) is 1.81. The van der Waals surface area contributed by atoms with Crippen molar-refractivity contribution in [3.05, 3.63) is 123 Å². The molecule has 0 aliphatic heterocycles. The first-order valence-corrected chi connectivity index (χ1v) is 13.6. The first-order chi connectivity index (χ1) is 19.4. The van der Waals surface area contributed by atoms with E-state index in [-0.39, 0.29) is 18.2 Å². The number of amides is 2. The maximum absolute atomic E-state index is 12.6. The van der Waals surface area contributed by atoms with Crippen molar-refractivity contribution >= 4 is 39.6 Å². The van der Waals surface area contributed by atoms with Crippen LogP contribution in [0.5, 0.6) is 11.5 Å². The molecule has 0 atom stereocenters. The highest BCUT2D eigenvalue weighted by Gasteiger charge is 2.13. The smallest absolute Gasteiger partial charge is 0.271 e. The van der Waals surface area contributed by atoms with Crippen LogP contribution in [0.15, 0.2) is 101 Å². The third-order valence-electron chi connectivity index (χ3n) is 5.82. The second-order valence-corrected chi connectivity index (χ2v) is 9.88. The topological polar surface area (TPSA) is 89.0 Å². The minimum Gasteiger partial charge on any atom is -0.490 e. The first-order valence-electron chi connectivity index (χ1n) is 12.8. The van der Waals surface area contributed by atoms with Crippen molar-refractivity contribution in [3.8, 4) is 11.5 Å². The molecule has 2 N–H and O–H groups in total. The van der Waals surface area contributed by atoms with E-state index in [4.69, 9.17) is 9.47 Å². The van der Waals surface area contributed by atoms with E-state index in [1.54, 1.807) is 24.3 Å². The van der Waals surface area contributed by atoms with Gasteiger partial charge in [0.15, 0.2) is 11.5 Å². The zero-order chi connectivity index (χ0) is 28.3. The molecule has 4 rings (SSSR count). The lowest BCUT2D eigenvalue weighted by atomic mass is 10.1. The normalized spacial score (nSPS) is 10.8. The summed E-state index contributed by atoms with van der Waals surface area (Å²) in [6, 6.07) is 27.9. The van der Waals surface area contributed by atoms with E-state index in [1.807, 2.05) is 74.5 Å². The van der Waals surface area contributed by atoms with Crippen molar-refractivity contribution in [3.63, 3.8) is 0 Å². The largest absolute Gasteiger partial charge is 0.490 e. The predicted molar refractivity (Wildman–Crippen MR) is 161 cm³/mol. The molecule has 2 amide bonds. The minimum atomic E-state index is -0.374. The predicted octanol–water partition coefficient (Wildman–Crippen LogP) is 6.68. The Morgan fingerprint density at radius 3 is 2.38 bits per heavy atom. The van der Waals surface area contributed by atoms with E-state index in [2.05, 4.69) is 37.8 Å². The molecule has 40 heavy (non-hydrogen) atoms. The molecule has 0 aliphatic rings. The van der Waals surface area contributed by atoms with Gasteiger partial charge in [0.05, 0.1) is 23.7 Å². The Bertz CT molecular complexity index is 1490. The zero-order valence-corrected chi connectivity index (χ0v) is 23.9. The van der Waals surface area contributed by atoms with E-state index in [0.29, 0.717) is 40.4 Å². The molecule has 0 aliphatic carbocycles. The van der Waals surface area contributed by atoms with Crippen LogP contribution in [0.25, 0.3) is 0 Å². The lowest BCUT2D eigenvalue weighted by Crippen LogP contribution is -2.18. The summed E-state index contributed by atoms with van der Waals surface area (Å²) in [5, 5.41) is 6.94. The van der Waals surface area contributed by atoms with E-state index >= 15 is 0 Å². The van der Waals surface area contributed by atoms with Gasteiger partial charge in [-0.05, 0) is 82.9 Å². The fourth-order valence-electron chi connectivity index (χ4n) is 3.94. The van der Waals surface area contributed by atoms with Gasteiger partial charge in [-0.15, -0.1) is 0 Å². The monoisotopic (exact) mass is 599 g/mol. The number of hydrogen-bond donors (Lipinski definition) is 2. The molecule has 0 heterocycles. The average molecular weight is 601 g/mol. The van der Waals surface area contributed by atoms with Gasteiger partial charge in [0.1, 0.15) is 6.61 Å². The Hall–Kier alpha value is -4.43. The molecule has 0 fully saturated rings. The van der Waals surface area contributed by atoms with Gasteiger partial charge in [0.25, 0.3) is 5.91 Å². The van der Waals surface area contributed by atoms with Crippen LogP contribution in [0.4, 0.5) is 5.69 Å². The van der Waals surface area contributed by atoms with Crippen LogP contribution in [0.3, 0.4) is 0 Å². The highest BCUT2D eigenvalue weighted by Crippen LogP contribution is 2.37. The molecule has 0 radical (unpaired) electrons. The molecule has 0 aromatic heterocycles. The lowest BCUT2D eigenvalue weighted by Gasteiger charge is -2.15. The van der Waals surface area contributed by atoms with Crippen LogP contribution in [-0.2, 0) is 17.8 Å². The number of aryl methyl sites for hydroxylation is 1. The van der Waals surface area contributed by atoms with Crippen molar-refractivity contribution in [1.82, 2.24) is 5.43 Å². The highest BCUT2D eigenvalue weighted by atomic mass is 79.9. The van der Waals surface area contributed by atoms with Crippen molar-refractivity contribution < 1.29 is 19.1 Å². The molecule has 0 unspecified atom stereocenters. The molecule has 7 nitrogen and oxygen atoms in total. The van der Waals surface area contributed by atoms with Gasteiger partial charge >= 0.3 is 0 Å². The molecular weight excluding hydrogens is 570 g/mol. The number of nitrogens with one attached hydrogen (secondary N) is 2. The third-order valence-corrected chi connectivity index (χ3v) is 6.40. The molecule has 8 heteroatoms. The van der Waals surface area contributed by atoms with Gasteiger partial charge in [-0.25, -0.2) is 5.43 Å². The SMILES string of the molecule is CCOc1cc(/C=N\NC(=O)c2ccc(NC(=O)Cc3ccccc3)cc2)cc(Br)c1OCc1cccc(C)c1. The number of hydrazone groups is 1. The second kappa shape index (κ2) is 14.1. The fourth-order valence-corrected chi connectivity index (χ4v) is 4.52. The van der Waals surface area contributed by atoms with Crippen LogP contribution in [0, 0.1) is 6.92 Å². The number of carbonyl (C=O) groups is 2. The number of benzene rings is 4. The number of nitrogens with zero attached hydrogens (tertiary/aromatic N) is 1. The summed E-state index contributed by atoms with van der Waals surface area (Å²) >= 11 is 3.57. The van der Waals surface area contributed by atoms with Crippen LogP contribution in [-0.4, -0.2) is 24.6 Å². The molecule has 4 aromatic carbocycles. The number of halogens is 1. The summed E-state index contributed by atoms with van der Waals surface area (Å²) in [4.78, 5) is 24.8. The van der Waals surface area contributed by atoms with Crippen molar-refractivity contribution in [2.24, 2.45) is 5.10 Å². The maximum atomic E-state index is 12.6. The fraction of sp³-hybridized carbons (Fsp3) is 0.156. The summed E-state index contributed by atoms with van der Waals surface area (Å²) in [5.41, 5.74) is 7.43. The van der Waals surface area contributed by atoms with Crippen LogP contribution in [0.2, 0.25) is 0 Å². The summed E-state index contributed by atoms with van der Waals surface area (Å²) < 4.78 is 12.6. The van der Waals surface area contributed by atoms with Gasteiger partial charge in [-0.1, -0.05) is 60.2 Å². The molecule has 0 spiro atoms. The molecule has 0 saturated heterocycles. The van der Waals surface area contributed by atoms with Crippen molar-refractivity contribution in [2.75, 3.05) is 11.9 Å². The number of anilines is 1. The molecule has 4 aromatic rings. The Kier molecular flexibility index (Phi) is 10.1. The van der Waals surface area contributed by atoms with Gasteiger partial charge in [-0.2, -0.15) is 5.10 Å². The summed E-state index contributed by atoms with van der Waals surface area (Å²) in [7, 11) is 0. The zero-order valence-electron chi connectivity index (χ0n) is 22.3. The Labute approximate surface area is 242 Å². The van der Waals surface area contributed by atoms with E-state index in [9.17, 15) is 9.59 Å². The van der Waals surface area contributed by atoms with Crippen LogP contribution in [0.1, 0.15) is 39.5 Å². The first kappa shape index (κ1) is 28.6. The van der Waals surface area contributed by atoms with Crippen molar-refractivity contribution in [2.45, 2.75) is 26.9 Å². The molecular formula is C32H30BrN3O4. The number of hydrogen-bond acceptors (Lipinski definition) is 5. The van der Waals surface area contributed by atoms with Crippen molar-refractivity contribution in [1.29, 1.82) is 0 Å². The van der Waals surface area contributed by atoms with Gasteiger partial charge < -0.3 is 14.8 Å². The molecule has 0 saturated carbocycles. The van der Waals surface area contributed by atoms with Gasteiger partial charge in [0.2, 0.25) is 5.91 Å². The quantitative estimate of drug-likeness (QED) is 0.149.